The molecule has 2 aromatic carbocycles. The number of thiazole rings is 1. The van der Waals surface area contributed by atoms with E-state index in [2.05, 4.69) is 19.9 Å². The molecule has 0 radical (unpaired) electrons. The van der Waals surface area contributed by atoms with Crippen LogP contribution in [-0.4, -0.2) is 20.5 Å². The molecule has 1 aliphatic rings. The van der Waals surface area contributed by atoms with Crippen molar-refractivity contribution in [2.24, 2.45) is 5.92 Å². The molecule has 0 unspecified atom stereocenters. The maximum atomic E-state index is 13.0. The second-order valence-corrected chi connectivity index (χ2v) is 8.03. The Morgan fingerprint density at radius 1 is 1.04 bits per heavy atom. The van der Waals surface area contributed by atoms with Gasteiger partial charge >= 0.3 is 0 Å². The van der Waals surface area contributed by atoms with E-state index >= 15 is 0 Å². The first-order chi connectivity index (χ1) is 12.6. The van der Waals surface area contributed by atoms with Crippen LogP contribution in [0.3, 0.4) is 0 Å². The Bertz CT molecular complexity index is 1140. The summed E-state index contributed by atoms with van der Waals surface area (Å²) in [6.45, 7) is 4.30. The third-order valence-electron chi connectivity index (χ3n) is 4.68. The molecule has 0 atom stereocenters. The highest BCUT2D eigenvalue weighted by molar-refractivity contribution is 7.20. The molecule has 0 N–H and O–H groups in total. The second-order valence-electron chi connectivity index (χ2n) is 7.02. The number of nitrogens with zero attached hydrogens (tertiary/aromatic N) is 3. The van der Waals surface area contributed by atoms with Gasteiger partial charge in [0.15, 0.2) is 5.78 Å². The number of aromatic nitrogens is 3. The van der Waals surface area contributed by atoms with Gasteiger partial charge in [-0.3, -0.25) is 4.79 Å². The van der Waals surface area contributed by atoms with Crippen molar-refractivity contribution in [3.05, 3.63) is 65.4 Å². The fourth-order valence-electron chi connectivity index (χ4n) is 3.59. The number of benzene rings is 2. The summed E-state index contributed by atoms with van der Waals surface area (Å²) >= 11 is 1.60. The monoisotopic (exact) mass is 359 g/mol. The van der Waals surface area contributed by atoms with Gasteiger partial charge in [0, 0.05) is 11.1 Å². The van der Waals surface area contributed by atoms with E-state index in [-0.39, 0.29) is 5.78 Å². The molecule has 0 saturated heterocycles. The molecular formula is C21H17N3OS. The van der Waals surface area contributed by atoms with Gasteiger partial charge in [0.25, 0.3) is 0 Å². The molecule has 4 aromatic rings. The maximum Gasteiger partial charge on any atom is 0.212 e. The molecule has 26 heavy (non-hydrogen) atoms. The Kier molecular flexibility index (Phi) is 3.34. The summed E-state index contributed by atoms with van der Waals surface area (Å²) in [6.07, 6.45) is 0.778. The third-order valence-corrected chi connectivity index (χ3v) is 5.69. The largest absolute Gasteiger partial charge is 0.288 e. The van der Waals surface area contributed by atoms with Gasteiger partial charge in [-0.25, -0.2) is 9.67 Å². The molecule has 0 aliphatic heterocycles. The number of para-hydroxylation sites is 1. The van der Waals surface area contributed by atoms with Crippen LogP contribution < -0.4 is 0 Å². The van der Waals surface area contributed by atoms with Crippen molar-refractivity contribution in [1.29, 1.82) is 0 Å². The zero-order valence-electron chi connectivity index (χ0n) is 14.6. The van der Waals surface area contributed by atoms with Gasteiger partial charge < -0.3 is 0 Å². The lowest BCUT2D eigenvalue weighted by molar-refractivity contribution is 0.104. The highest BCUT2D eigenvalue weighted by Gasteiger charge is 2.35. The second kappa shape index (κ2) is 5.61. The quantitative estimate of drug-likeness (QED) is 0.461. The molecule has 1 aliphatic carbocycles. The van der Waals surface area contributed by atoms with E-state index in [9.17, 15) is 4.79 Å². The molecule has 5 rings (SSSR count). The first-order valence-corrected chi connectivity index (χ1v) is 9.57. The first-order valence-electron chi connectivity index (χ1n) is 8.75. The lowest BCUT2D eigenvalue weighted by atomic mass is 10.0. The van der Waals surface area contributed by atoms with Crippen LogP contribution in [0.25, 0.3) is 26.6 Å². The first kappa shape index (κ1) is 15.5. The van der Waals surface area contributed by atoms with Crippen molar-refractivity contribution in [2.45, 2.75) is 20.3 Å². The molecule has 0 saturated carbocycles. The average molecular weight is 359 g/mol. The standard InChI is InChI=1S/C21H17N3OS/c1-12(2)11-16-18-19(13-7-3-4-8-14(13)20(18)25)24(23-16)21-22-15-9-5-6-10-17(15)26-21/h3-10,12H,11H2,1-2H3. The van der Waals surface area contributed by atoms with Crippen LogP contribution in [0.2, 0.25) is 0 Å². The summed E-state index contributed by atoms with van der Waals surface area (Å²) in [7, 11) is 0. The molecule has 0 spiro atoms. The topological polar surface area (TPSA) is 47.8 Å². The number of hydrogen-bond acceptors (Lipinski definition) is 4. The van der Waals surface area contributed by atoms with Crippen LogP contribution >= 0.6 is 11.3 Å². The van der Waals surface area contributed by atoms with E-state index in [1.165, 1.54) is 0 Å². The highest BCUT2D eigenvalue weighted by Crippen LogP contribution is 2.41. The zero-order chi connectivity index (χ0) is 17.8. The predicted molar refractivity (Wildman–Crippen MR) is 104 cm³/mol. The van der Waals surface area contributed by atoms with Crippen molar-refractivity contribution in [1.82, 2.24) is 14.8 Å². The molecule has 4 nitrogen and oxygen atoms in total. The summed E-state index contributed by atoms with van der Waals surface area (Å²) in [5, 5.41) is 5.64. The van der Waals surface area contributed by atoms with Crippen molar-refractivity contribution in [3.63, 3.8) is 0 Å². The van der Waals surface area contributed by atoms with Gasteiger partial charge in [-0.1, -0.05) is 61.6 Å². The molecule has 0 fully saturated rings. The van der Waals surface area contributed by atoms with Crippen LogP contribution in [0, 0.1) is 5.92 Å². The fraction of sp³-hybridized carbons (Fsp3) is 0.190. The normalized spacial score (nSPS) is 12.8. The molecule has 5 heteroatoms. The Balaban J connectivity index is 1.79. The molecular weight excluding hydrogens is 342 g/mol. The predicted octanol–water partition coefficient (Wildman–Crippen LogP) is 4.89. The van der Waals surface area contributed by atoms with E-state index in [4.69, 9.17) is 10.1 Å². The van der Waals surface area contributed by atoms with Crippen LogP contribution in [-0.2, 0) is 6.42 Å². The maximum absolute atomic E-state index is 13.0. The number of carbonyl (C=O) groups is 1. The van der Waals surface area contributed by atoms with E-state index < -0.39 is 0 Å². The average Bonchev–Trinajstić information content (AvgIpc) is 3.28. The minimum Gasteiger partial charge on any atom is -0.288 e. The number of carbonyl (C=O) groups excluding carboxylic acids is 1. The van der Waals surface area contributed by atoms with Crippen molar-refractivity contribution >= 4 is 27.3 Å². The van der Waals surface area contributed by atoms with Gasteiger partial charge in [-0.2, -0.15) is 5.10 Å². The van der Waals surface area contributed by atoms with Crippen molar-refractivity contribution < 1.29 is 4.79 Å². The lowest BCUT2D eigenvalue weighted by Crippen LogP contribution is -2.04. The number of fused-ring (bicyclic) bond motifs is 4. The Labute approximate surface area is 155 Å². The van der Waals surface area contributed by atoms with Crippen LogP contribution in [0.15, 0.2) is 48.5 Å². The third kappa shape index (κ3) is 2.17. The molecule has 128 valence electrons. The van der Waals surface area contributed by atoms with Gasteiger partial charge in [0.1, 0.15) is 0 Å². The minimum absolute atomic E-state index is 0.0820. The fourth-order valence-corrected chi connectivity index (χ4v) is 4.52. The van der Waals surface area contributed by atoms with Crippen LogP contribution in [0.4, 0.5) is 0 Å². The van der Waals surface area contributed by atoms with E-state index in [1.807, 2.05) is 47.1 Å². The Hall–Kier alpha value is -2.79. The lowest BCUT2D eigenvalue weighted by Gasteiger charge is -2.04. The molecule has 2 heterocycles. The van der Waals surface area contributed by atoms with Gasteiger partial charge in [-0.15, -0.1) is 0 Å². The van der Waals surface area contributed by atoms with Crippen LogP contribution in [0.1, 0.15) is 35.5 Å². The summed E-state index contributed by atoms with van der Waals surface area (Å²) in [4.78, 5) is 17.8. The summed E-state index contributed by atoms with van der Waals surface area (Å²) < 4.78 is 3.00. The molecule has 2 aromatic heterocycles. The Morgan fingerprint density at radius 2 is 1.77 bits per heavy atom. The van der Waals surface area contributed by atoms with Gasteiger partial charge in [0.05, 0.1) is 27.2 Å². The van der Waals surface area contributed by atoms with E-state index in [0.29, 0.717) is 5.92 Å². The van der Waals surface area contributed by atoms with Crippen molar-refractivity contribution in [3.8, 4) is 16.4 Å². The Morgan fingerprint density at radius 3 is 2.54 bits per heavy atom. The van der Waals surface area contributed by atoms with E-state index in [0.717, 1.165) is 49.8 Å². The zero-order valence-corrected chi connectivity index (χ0v) is 15.4. The number of rotatable bonds is 3. The summed E-state index contributed by atoms with van der Waals surface area (Å²) in [5.74, 6) is 0.507. The van der Waals surface area contributed by atoms with Crippen LogP contribution in [0.5, 0.6) is 0 Å². The smallest absolute Gasteiger partial charge is 0.212 e. The highest BCUT2D eigenvalue weighted by atomic mass is 32.1. The van der Waals surface area contributed by atoms with Crippen molar-refractivity contribution in [2.75, 3.05) is 0 Å². The number of ketones is 1. The van der Waals surface area contributed by atoms with Gasteiger partial charge in [0.2, 0.25) is 5.13 Å². The minimum atomic E-state index is 0.0820. The number of hydrogen-bond donors (Lipinski definition) is 0. The molecule has 0 amide bonds. The van der Waals surface area contributed by atoms with E-state index in [1.54, 1.807) is 11.3 Å². The molecule has 0 bridgehead atoms. The van der Waals surface area contributed by atoms with Gasteiger partial charge in [-0.05, 0) is 24.5 Å². The summed E-state index contributed by atoms with van der Waals surface area (Å²) in [6, 6.07) is 15.9. The SMILES string of the molecule is CC(C)Cc1nn(-c2nc3ccccc3s2)c2c1C(=O)c1ccccc1-2. The summed E-state index contributed by atoms with van der Waals surface area (Å²) in [5.41, 5.74) is 5.18.